The Morgan fingerprint density at radius 3 is 2.61 bits per heavy atom. The third-order valence-corrected chi connectivity index (χ3v) is 6.34. The summed E-state index contributed by atoms with van der Waals surface area (Å²) in [6, 6.07) is 15.4. The lowest BCUT2D eigenvalue weighted by molar-refractivity contribution is 0.655. The molecule has 0 amide bonds. The van der Waals surface area contributed by atoms with Crippen molar-refractivity contribution < 1.29 is 0 Å². The van der Waals surface area contributed by atoms with Gasteiger partial charge in [-0.2, -0.15) is 0 Å². The van der Waals surface area contributed by atoms with Crippen LogP contribution in [0, 0.1) is 0 Å². The number of hydrogen-bond donors (Lipinski definition) is 4. The second-order valence-corrected chi connectivity index (χ2v) is 8.96. The number of aromatic nitrogens is 4. The number of hydrogen-bond acceptors (Lipinski definition) is 4. The lowest BCUT2D eigenvalue weighted by Crippen LogP contribution is -2.14. The molecule has 2 aromatic carbocycles. The van der Waals surface area contributed by atoms with Gasteiger partial charge < -0.3 is 21.0 Å². The molecule has 0 bridgehead atoms. The number of benzene rings is 2. The summed E-state index contributed by atoms with van der Waals surface area (Å²) in [5.41, 5.74) is 15.6. The Morgan fingerprint density at radius 1 is 1.03 bits per heavy atom. The minimum atomic E-state index is -0.0864. The van der Waals surface area contributed by atoms with Gasteiger partial charge in [0.05, 0.1) is 30.2 Å². The van der Waals surface area contributed by atoms with Crippen molar-refractivity contribution >= 4 is 0 Å². The van der Waals surface area contributed by atoms with E-state index in [1.807, 2.05) is 13.1 Å². The first-order valence-electron chi connectivity index (χ1n) is 12.0. The summed E-state index contributed by atoms with van der Waals surface area (Å²) < 4.78 is 0. The Morgan fingerprint density at radius 2 is 1.82 bits per heavy atom. The molecule has 6 heteroatoms. The molecular weight excluding hydrogens is 408 g/mol. The molecule has 5 rings (SSSR count). The van der Waals surface area contributed by atoms with Crippen LogP contribution in [-0.2, 0) is 19.4 Å². The molecule has 0 radical (unpaired) electrons. The molecule has 33 heavy (non-hydrogen) atoms. The van der Waals surface area contributed by atoms with Gasteiger partial charge in [0, 0.05) is 11.3 Å². The van der Waals surface area contributed by atoms with Gasteiger partial charge in [-0.25, -0.2) is 9.97 Å². The Balaban J connectivity index is 1.38. The number of fused-ring (bicyclic) bond motifs is 3. The van der Waals surface area contributed by atoms with E-state index in [1.54, 1.807) is 0 Å². The average molecular weight is 441 g/mol. The van der Waals surface area contributed by atoms with E-state index in [0.717, 1.165) is 67.4 Å². The van der Waals surface area contributed by atoms with Gasteiger partial charge in [0.15, 0.2) is 0 Å². The lowest BCUT2D eigenvalue weighted by Gasteiger charge is -2.10. The number of nitrogens with one attached hydrogen (secondary N) is 3. The minimum Gasteiger partial charge on any atom is -0.344 e. The van der Waals surface area contributed by atoms with Crippen LogP contribution in [0.5, 0.6) is 0 Å². The molecule has 0 unspecified atom stereocenters. The van der Waals surface area contributed by atoms with Crippen LogP contribution in [0.4, 0.5) is 0 Å². The number of H-pyrrole nitrogens is 2. The van der Waals surface area contributed by atoms with Crippen molar-refractivity contribution in [1.82, 2.24) is 25.3 Å². The standard InChI is InChI=1S/C27H32N6/c1-3-13-29-16-25-30-15-24(31-25)19-9-7-18(8-10-19)20-11-12-22-21(14-20)5-4-6-23-26(22)33-27(32-23)17(2)28/h7-12,14-15,17,29H,3-6,13,16,28H2,1-2H3,(H,30,31)(H,32,33)/t17-/m0/s1. The van der Waals surface area contributed by atoms with E-state index in [0.29, 0.717) is 0 Å². The Hall–Kier alpha value is -3.22. The van der Waals surface area contributed by atoms with E-state index in [-0.39, 0.29) is 6.04 Å². The monoisotopic (exact) mass is 440 g/mol. The molecule has 6 nitrogen and oxygen atoms in total. The molecule has 1 atom stereocenters. The summed E-state index contributed by atoms with van der Waals surface area (Å²) in [6.07, 6.45) is 6.21. The summed E-state index contributed by atoms with van der Waals surface area (Å²) in [4.78, 5) is 16.2. The van der Waals surface area contributed by atoms with Crippen LogP contribution in [0.3, 0.4) is 0 Å². The smallest absolute Gasteiger partial charge is 0.123 e. The molecule has 0 spiro atoms. The van der Waals surface area contributed by atoms with Crippen molar-refractivity contribution in [3.63, 3.8) is 0 Å². The van der Waals surface area contributed by atoms with Gasteiger partial charge in [0.25, 0.3) is 0 Å². The molecule has 0 aliphatic heterocycles. The normalized spacial score (nSPS) is 13.9. The molecule has 1 aliphatic rings. The first-order valence-corrected chi connectivity index (χ1v) is 12.0. The highest BCUT2D eigenvalue weighted by Gasteiger charge is 2.20. The second kappa shape index (κ2) is 9.33. The van der Waals surface area contributed by atoms with Crippen molar-refractivity contribution in [3.8, 4) is 33.6 Å². The van der Waals surface area contributed by atoms with Crippen LogP contribution in [-0.4, -0.2) is 26.5 Å². The van der Waals surface area contributed by atoms with E-state index < -0.39 is 0 Å². The number of aromatic amines is 2. The van der Waals surface area contributed by atoms with Crippen molar-refractivity contribution in [2.75, 3.05) is 6.54 Å². The third kappa shape index (κ3) is 4.49. The number of rotatable bonds is 7. The maximum absolute atomic E-state index is 6.06. The SMILES string of the molecule is CCCNCc1ncc(-c2ccc(-c3ccc4c(c3)CCCc3[nH]c([C@H](C)N)nc3-4)cc2)[nH]1. The molecular formula is C27H32N6. The van der Waals surface area contributed by atoms with Gasteiger partial charge in [-0.15, -0.1) is 0 Å². The van der Waals surface area contributed by atoms with Crippen LogP contribution in [0.1, 0.15) is 55.6 Å². The van der Waals surface area contributed by atoms with Gasteiger partial charge in [-0.05, 0) is 61.4 Å². The maximum Gasteiger partial charge on any atom is 0.123 e. The molecule has 0 saturated heterocycles. The molecule has 2 aromatic heterocycles. The first kappa shape index (κ1) is 21.6. The van der Waals surface area contributed by atoms with Crippen LogP contribution < -0.4 is 11.1 Å². The Labute approximate surface area is 195 Å². The quantitative estimate of drug-likeness (QED) is 0.299. The van der Waals surface area contributed by atoms with Gasteiger partial charge in [-0.3, -0.25) is 0 Å². The first-order chi connectivity index (χ1) is 16.1. The van der Waals surface area contributed by atoms with E-state index in [2.05, 4.69) is 69.7 Å². The fraction of sp³-hybridized carbons (Fsp3) is 0.333. The maximum atomic E-state index is 6.06. The topological polar surface area (TPSA) is 95.4 Å². The molecule has 0 fully saturated rings. The van der Waals surface area contributed by atoms with Crippen molar-refractivity contribution in [3.05, 3.63) is 71.6 Å². The summed E-state index contributed by atoms with van der Waals surface area (Å²) >= 11 is 0. The van der Waals surface area contributed by atoms with E-state index in [1.165, 1.54) is 27.9 Å². The summed E-state index contributed by atoms with van der Waals surface area (Å²) in [5.74, 6) is 1.84. The largest absolute Gasteiger partial charge is 0.344 e. The molecule has 170 valence electrons. The highest BCUT2D eigenvalue weighted by molar-refractivity contribution is 5.75. The number of aryl methyl sites for hydroxylation is 2. The van der Waals surface area contributed by atoms with Crippen LogP contribution in [0.2, 0.25) is 0 Å². The van der Waals surface area contributed by atoms with Crippen LogP contribution >= 0.6 is 0 Å². The Bertz CT molecular complexity index is 1230. The van der Waals surface area contributed by atoms with E-state index >= 15 is 0 Å². The zero-order chi connectivity index (χ0) is 22.8. The Kier molecular flexibility index (Phi) is 6.11. The van der Waals surface area contributed by atoms with Crippen molar-refractivity contribution in [2.45, 2.75) is 52.1 Å². The molecule has 1 aliphatic carbocycles. The van der Waals surface area contributed by atoms with E-state index in [9.17, 15) is 0 Å². The van der Waals surface area contributed by atoms with Gasteiger partial charge in [0.1, 0.15) is 11.6 Å². The minimum absolute atomic E-state index is 0.0864. The van der Waals surface area contributed by atoms with Gasteiger partial charge in [-0.1, -0.05) is 49.4 Å². The highest BCUT2D eigenvalue weighted by atomic mass is 15.0. The molecule has 4 aromatic rings. The fourth-order valence-electron chi connectivity index (χ4n) is 4.54. The van der Waals surface area contributed by atoms with Crippen molar-refractivity contribution in [1.29, 1.82) is 0 Å². The number of nitrogens with two attached hydrogens (primary N) is 1. The third-order valence-electron chi connectivity index (χ3n) is 6.34. The predicted molar refractivity (Wildman–Crippen MR) is 134 cm³/mol. The molecule has 0 saturated carbocycles. The van der Waals surface area contributed by atoms with Crippen LogP contribution in [0.15, 0.2) is 48.7 Å². The molecule has 2 heterocycles. The van der Waals surface area contributed by atoms with Gasteiger partial charge in [0.2, 0.25) is 0 Å². The number of imidazole rings is 2. The summed E-state index contributed by atoms with van der Waals surface area (Å²) in [7, 11) is 0. The lowest BCUT2D eigenvalue weighted by atomic mass is 9.95. The zero-order valence-electron chi connectivity index (χ0n) is 19.4. The molecule has 5 N–H and O–H groups in total. The fourth-order valence-corrected chi connectivity index (χ4v) is 4.54. The van der Waals surface area contributed by atoms with E-state index in [4.69, 9.17) is 10.7 Å². The van der Waals surface area contributed by atoms with Gasteiger partial charge >= 0.3 is 0 Å². The average Bonchev–Trinajstić information content (AvgIpc) is 3.44. The van der Waals surface area contributed by atoms with Crippen LogP contribution in [0.25, 0.3) is 33.6 Å². The summed E-state index contributed by atoms with van der Waals surface area (Å²) in [5, 5.41) is 3.38. The second-order valence-electron chi connectivity index (χ2n) is 8.96. The predicted octanol–water partition coefficient (Wildman–Crippen LogP) is 5.14. The highest BCUT2D eigenvalue weighted by Crippen LogP contribution is 2.35. The van der Waals surface area contributed by atoms with Crippen molar-refractivity contribution in [2.24, 2.45) is 5.73 Å². The zero-order valence-corrected chi connectivity index (χ0v) is 19.4. The summed E-state index contributed by atoms with van der Waals surface area (Å²) in [6.45, 7) is 5.91. The number of nitrogens with zero attached hydrogens (tertiary/aromatic N) is 2.